The quantitative estimate of drug-likeness (QED) is 0.224. The first-order valence-electron chi connectivity index (χ1n) is 12.6. The van der Waals surface area contributed by atoms with Gasteiger partial charge in [-0.15, -0.1) is 0 Å². The van der Waals surface area contributed by atoms with E-state index in [9.17, 15) is 0 Å². The van der Waals surface area contributed by atoms with E-state index in [1.54, 1.807) is 0 Å². The average molecular weight is 461 g/mol. The third-order valence-electron chi connectivity index (χ3n) is 8.19. The van der Waals surface area contributed by atoms with Crippen LogP contribution >= 0.6 is 0 Å². The summed E-state index contributed by atoms with van der Waals surface area (Å²) in [4.78, 5) is 4.83. The summed E-state index contributed by atoms with van der Waals surface area (Å²) in [5.74, 6) is 0. The van der Waals surface area contributed by atoms with Crippen LogP contribution < -0.4 is 0 Å². The molecular formula is C34H24N2. The number of hydrogen-bond acceptors (Lipinski definition) is 1. The van der Waals surface area contributed by atoms with Crippen molar-refractivity contribution in [2.75, 3.05) is 0 Å². The summed E-state index contributed by atoms with van der Waals surface area (Å²) in [6.45, 7) is 4.75. The predicted molar refractivity (Wildman–Crippen MR) is 151 cm³/mol. The van der Waals surface area contributed by atoms with E-state index in [-0.39, 0.29) is 5.41 Å². The molecule has 5 aromatic carbocycles. The largest absolute Gasteiger partial charge is 0.309 e. The van der Waals surface area contributed by atoms with Gasteiger partial charge in [0.15, 0.2) is 0 Å². The molecule has 7 aromatic rings. The number of benzene rings is 5. The van der Waals surface area contributed by atoms with Gasteiger partial charge >= 0.3 is 0 Å². The van der Waals surface area contributed by atoms with Crippen molar-refractivity contribution < 1.29 is 0 Å². The van der Waals surface area contributed by atoms with E-state index in [1.165, 1.54) is 60.5 Å². The molecule has 0 saturated carbocycles. The van der Waals surface area contributed by atoms with Gasteiger partial charge in [0.25, 0.3) is 0 Å². The highest BCUT2D eigenvalue weighted by molar-refractivity contribution is 6.17. The highest BCUT2D eigenvalue weighted by Gasteiger charge is 2.38. The molecule has 0 saturated heterocycles. The number of para-hydroxylation sites is 1. The van der Waals surface area contributed by atoms with Crippen LogP contribution in [-0.4, -0.2) is 9.55 Å². The summed E-state index contributed by atoms with van der Waals surface area (Å²) in [5.41, 5.74) is 10.2. The Labute approximate surface area is 209 Å². The number of rotatable bonds is 1. The van der Waals surface area contributed by atoms with Crippen molar-refractivity contribution in [2.24, 2.45) is 0 Å². The molecule has 0 radical (unpaired) electrons. The van der Waals surface area contributed by atoms with Crippen LogP contribution in [0.2, 0.25) is 0 Å². The van der Waals surface area contributed by atoms with Crippen LogP contribution in [0.15, 0.2) is 109 Å². The fraction of sp³-hybridized carbons (Fsp3) is 0.0882. The Morgan fingerprint density at radius 1 is 0.611 bits per heavy atom. The lowest BCUT2D eigenvalue weighted by molar-refractivity contribution is 0.666. The Morgan fingerprint density at radius 2 is 1.42 bits per heavy atom. The van der Waals surface area contributed by atoms with Crippen molar-refractivity contribution in [3.63, 3.8) is 0 Å². The number of pyridine rings is 1. The smallest absolute Gasteiger partial charge is 0.0801 e. The zero-order valence-corrected chi connectivity index (χ0v) is 20.3. The molecule has 0 amide bonds. The van der Waals surface area contributed by atoms with Crippen molar-refractivity contribution in [3.8, 4) is 16.8 Å². The Bertz CT molecular complexity index is 2020. The molecule has 0 fully saturated rings. The zero-order chi connectivity index (χ0) is 24.0. The molecule has 1 aliphatic carbocycles. The summed E-state index contributed by atoms with van der Waals surface area (Å²) >= 11 is 0. The topological polar surface area (TPSA) is 17.8 Å². The van der Waals surface area contributed by atoms with E-state index < -0.39 is 0 Å². The van der Waals surface area contributed by atoms with Crippen molar-refractivity contribution in [3.05, 3.63) is 120 Å². The molecule has 2 heteroatoms. The highest BCUT2D eigenvalue weighted by Crippen LogP contribution is 2.53. The Kier molecular flexibility index (Phi) is 3.76. The molecule has 1 aliphatic rings. The molecule has 170 valence electrons. The van der Waals surface area contributed by atoms with Crippen LogP contribution in [0.25, 0.3) is 60.3 Å². The number of aromatic nitrogens is 2. The number of fused-ring (bicyclic) bond motifs is 10. The van der Waals surface area contributed by atoms with Gasteiger partial charge in [0, 0.05) is 33.2 Å². The third kappa shape index (κ3) is 2.39. The molecule has 0 bridgehead atoms. The Hall–Kier alpha value is -4.43. The van der Waals surface area contributed by atoms with E-state index in [0.717, 1.165) is 10.9 Å². The Balaban J connectivity index is 1.58. The van der Waals surface area contributed by atoms with Gasteiger partial charge < -0.3 is 4.57 Å². The van der Waals surface area contributed by atoms with Gasteiger partial charge in [0.1, 0.15) is 0 Å². The van der Waals surface area contributed by atoms with Crippen molar-refractivity contribution in [1.29, 1.82) is 0 Å². The minimum atomic E-state index is -0.0760. The van der Waals surface area contributed by atoms with Crippen LogP contribution in [0.4, 0.5) is 0 Å². The predicted octanol–water partition coefficient (Wildman–Crippen LogP) is 8.79. The number of nitrogens with zero attached hydrogens (tertiary/aromatic N) is 2. The fourth-order valence-corrected chi connectivity index (χ4v) is 6.67. The van der Waals surface area contributed by atoms with E-state index in [0.29, 0.717) is 0 Å². The second-order valence-corrected chi connectivity index (χ2v) is 10.4. The van der Waals surface area contributed by atoms with Crippen LogP contribution in [0.5, 0.6) is 0 Å². The molecule has 0 atom stereocenters. The zero-order valence-electron chi connectivity index (χ0n) is 20.3. The standard InChI is InChI=1S/C34H24N2/c1-34(2)26-13-5-3-11-23(26)24-18-19-29-31(32(24)34)25-12-4-6-14-27(25)36(29)28-15-7-9-21-16-17-22-10-8-20-35-33(22)30(21)28/h3-20H,1-2H3. The molecular weight excluding hydrogens is 436 g/mol. The van der Waals surface area contributed by atoms with Crippen molar-refractivity contribution >= 4 is 43.5 Å². The molecule has 8 rings (SSSR count). The maximum Gasteiger partial charge on any atom is 0.0801 e. The summed E-state index contributed by atoms with van der Waals surface area (Å²) in [7, 11) is 0. The summed E-state index contributed by atoms with van der Waals surface area (Å²) in [5, 5.41) is 6.22. The van der Waals surface area contributed by atoms with Crippen LogP contribution in [0.3, 0.4) is 0 Å². The maximum absolute atomic E-state index is 4.83. The first-order valence-corrected chi connectivity index (χ1v) is 12.6. The normalized spacial score (nSPS) is 14.1. The minimum absolute atomic E-state index is 0.0760. The second kappa shape index (κ2) is 6.83. The van der Waals surface area contributed by atoms with Gasteiger partial charge in [0.05, 0.1) is 22.2 Å². The molecule has 2 nitrogen and oxygen atoms in total. The SMILES string of the molecule is CC1(C)c2ccccc2-c2ccc3c(c21)c1ccccc1n3-c1cccc2ccc3cccnc3c12. The fourth-order valence-electron chi connectivity index (χ4n) is 6.67. The third-order valence-corrected chi connectivity index (χ3v) is 8.19. The Morgan fingerprint density at radius 3 is 2.36 bits per heavy atom. The van der Waals surface area contributed by atoms with Crippen LogP contribution in [0.1, 0.15) is 25.0 Å². The van der Waals surface area contributed by atoms with Gasteiger partial charge in [-0.3, -0.25) is 4.98 Å². The summed E-state index contributed by atoms with van der Waals surface area (Å²) < 4.78 is 2.46. The molecule has 0 aliphatic heterocycles. The highest BCUT2D eigenvalue weighted by atomic mass is 15.0. The molecule has 0 spiro atoms. The summed E-state index contributed by atoms with van der Waals surface area (Å²) in [6.07, 6.45) is 1.90. The first-order chi connectivity index (χ1) is 17.6. The number of hydrogen-bond donors (Lipinski definition) is 0. The summed E-state index contributed by atoms with van der Waals surface area (Å²) in [6, 6.07) is 37.6. The lowest BCUT2D eigenvalue weighted by Crippen LogP contribution is -2.15. The monoisotopic (exact) mass is 460 g/mol. The lowest BCUT2D eigenvalue weighted by atomic mass is 9.80. The molecule has 0 unspecified atom stereocenters. The van der Waals surface area contributed by atoms with E-state index in [2.05, 4.69) is 115 Å². The molecule has 2 aromatic heterocycles. The molecule has 2 heterocycles. The first kappa shape index (κ1) is 19.8. The van der Waals surface area contributed by atoms with Gasteiger partial charge in [-0.1, -0.05) is 92.7 Å². The van der Waals surface area contributed by atoms with Gasteiger partial charge in [0.2, 0.25) is 0 Å². The average Bonchev–Trinajstić information content (AvgIpc) is 3.37. The van der Waals surface area contributed by atoms with E-state index in [1.807, 2.05) is 12.3 Å². The van der Waals surface area contributed by atoms with Gasteiger partial charge in [-0.25, -0.2) is 0 Å². The minimum Gasteiger partial charge on any atom is -0.309 e. The van der Waals surface area contributed by atoms with Gasteiger partial charge in [-0.2, -0.15) is 0 Å². The molecule has 36 heavy (non-hydrogen) atoms. The molecule has 0 N–H and O–H groups in total. The van der Waals surface area contributed by atoms with Crippen LogP contribution in [0, 0.1) is 0 Å². The van der Waals surface area contributed by atoms with Gasteiger partial charge in [-0.05, 0) is 51.9 Å². The maximum atomic E-state index is 4.83. The van der Waals surface area contributed by atoms with Crippen molar-refractivity contribution in [2.45, 2.75) is 19.3 Å². The second-order valence-electron chi connectivity index (χ2n) is 10.4. The van der Waals surface area contributed by atoms with Crippen molar-refractivity contribution in [1.82, 2.24) is 9.55 Å². The van der Waals surface area contributed by atoms with E-state index in [4.69, 9.17) is 4.98 Å². The van der Waals surface area contributed by atoms with E-state index >= 15 is 0 Å². The van der Waals surface area contributed by atoms with Crippen LogP contribution in [-0.2, 0) is 5.41 Å². The lowest BCUT2D eigenvalue weighted by Gasteiger charge is -2.22.